The van der Waals surface area contributed by atoms with E-state index in [9.17, 15) is 27.2 Å². The first-order chi connectivity index (χ1) is 17.2. The van der Waals surface area contributed by atoms with Crippen LogP contribution >= 0.6 is 0 Å². The van der Waals surface area contributed by atoms with E-state index in [1.807, 2.05) is 0 Å². The van der Waals surface area contributed by atoms with Crippen molar-refractivity contribution in [2.75, 3.05) is 11.1 Å². The van der Waals surface area contributed by atoms with Crippen molar-refractivity contribution in [3.8, 4) is 11.1 Å². The standard InChI is InChI=1S/C26H23F4N5O2/c1-12-15(13-9-17-21(34-35-22(17)31)18(10-13)23(32)36)5-4-6-20(12)33-24(37)16-8-7-14(11-19(16)27)25(2,3)26(28,29)30/h4-11H,1-3H3,(H2,32,36)(H,33,37)(H3,31,34,35). The topological polar surface area (TPSA) is 127 Å². The van der Waals surface area contributed by atoms with E-state index < -0.39 is 34.8 Å². The Hall–Kier alpha value is -4.41. The highest BCUT2D eigenvalue weighted by molar-refractivity contribution is 6.09. The summed E-state index contributed by atoms with van der Waals surface area (Å²) in [4.78, 5) is 24.9. The first-order valence-corrected chi connectivity index (χ1v) is 11.1. The molecule has 0 aliphatic rings. The Kier molecular flexibility index (Phi) is 6.19. The maximum atomic E-state index is 14.7. The second kappa shape index (κ2) is 8.91. The predicted molar refractivity (Wildman–Crippen MR) is 133 cm³/mol. The molecule has 7 nitrogen and oxygen atoms in total. The lowest BCUT2D eigenvalue weighted by atomic mass is 9.83. The molecule has 1 heterocycles. The van der Waals surface area contributed by atoms with Gasteiger partial charge in [-0.25, -0.2) is 4.39 Å². The zero-order valence-corrected chi connectivity index (χ0v) is 20.0. The molecule has 192 valence electrons. The van der Waals surface area contributed by atoms with Crippen LogP contribution in [0.15, 0.2) is 48.5 Å². The molecule has 2 amide bonds. The third kappa shape index (κ3) is 4.48. The number of nitrogens with two attached hydrogens (primary N) is 2. The summed E-state index contributed by atoms with van der Waals surface area (Å²) < 4.78 is 54.8. The number of halogens is 4. The van der Waals surface area contributed by atoms with Gasteiger partial charge in [0, 0.05) is 11.1 Å². The highest BCUT2D eigenvalue weighted by Crippen LogP contribution is 2.41. The number of anilines is 2. The number of rotatable bonds is 5. The van der Waals surface area contributed by atoms with Crippen molar-refractivity contribution < 1.29 is 27.2 Å². The number of aromatic amines is 1. The number of nitrogens with one attached hydrogen (secondary N) is 2. The number of primary amides is 1. The Labute approximate surface area is 208 Å². The normalized spacial score (nSPS) is 12.1. The molecule has 4 rings (SSSR count). The summed E-state index contributed by atoms with van der Waals surface area (Å²) in [5.41, 5.74) is 11.1. The van der Waals surface area contributed by atoms with Crippen molar-refractivity contribution in [2.45, 2.75) is 32.4 Å². The van der Waals surface area contributed by atoms with Gasteiger partial charge in [-0.1, -0.05) is 18.2 Å². The van der Waals surface area contributed by atoms with Gasteiger partial charge in [0.1, 0.15) is 5.82 Å². The molecule has 0 unspecified atom stereocenters. The highest BCUT2D eigenvalue weighted by Gasteiger charge is 2.48. The molecule has 0 saturated heterocycles. The molecule has 1 aromatic heterocycles. The van der Waals surface area contributed by atoms with E-state index in [1.165, 1.54) is 0 Å². The average molecular weight is 513 g/mol. The minimum atomic E-state index is -4.60. The van der Waals surface area contributed by atoms with E-state index in [1.54, 1.807) is 37.3 Å². The van der Waals surface area contributed by atoms with Crippen molar-refractivity contribution >= 4 is 34.2 Å². The number of carbonyl (C=O) groups excluding carboxylic acids is 2. The van der Waals surface area contributed by atoms with Crippen LogP contribution in [0.5, 0.6) is 0 Å². The summed E-state index contributed by atoms with van der Waals surface area (Å²) in [5.74, 6) is -2.42. The van der Waals surface area contributed by atoms with E-state index >= 15 is 0 Å². The lowest BCUT2D eigenvalue weighted by Gasteiger charge is -2.28. The Morgan fingerprint density at radius 3 is 2.35 bits per heavy atom. The molecule has 0 fully saturated rings. The number of alkyl halides is 3. The maximum Gasteiger partial charge on any atom is 0.397 e. The monoisotopic (exact) mass is 513 g/mol. The van der Waals surface area contributed by atoms with Gasteiger partial charge in [-0.05, 0) is 73.4 Å². The molecule has 0 bridgehead atoms. The molecule has 11 heteroatoms. The number of hydrogen-bond acceptors (Lipinski definition) is 4. The van der Waals surface area contributed by atoms with Crippen molar-refractivity contribution in [2.24, 2.45) is 5.73 Å². The van der Waals surface area contributed by atoms with Crippen LogP contribution in [-0.4, -0.2) is 28.2 Å². The third-order valence-corrected chi connectivity index (χ3v) is 6.51. The van der Waals surface area contributed by atoms with Gasteiger partial charge in [-0.2, -0.15) is 18.3 Å². The van der Waals surface area contributed by atoms with Gasteiger partial charge in [-0.15, -0.1) is 0 Å². The molecular formula is C26H23F4N5O2. The Balaban J connectivity index is 1.69. The van der Waals surface area contributed by atoms with Crippen LogP contribution in [0.3, 0.4) is 0 Å². The minimum Gasteiger partial charge on any atom is -0.382 e. The summed E-state index contributed by atoms with van der Waals surface area (Å²) in [6.07, 6.45) is -4.60. The summed E-state index contributed by atoms with van der Waals surface area (Å²) in [6.45, 7) is 3.59. The highest BCUT2D eigenvalue weighted by atomic mass is 19.4. The van der Waals surface area contributed by atoms with Gasteiger partial charge in [0.15, 0.2) is 5.82 Å². The number of aromatic nitrogens is 2. The summed E-state index contributed by atoms with van der Waals surface area (Å²) in [7, 11) is 0. The van der Waals surface area contributed by atoms with E-state index in [4.69, 9.17) is 11.5 Å². The summed E-state index contributed by atoms with van der Waals surface area (Å²) in [5, 5.41) is 9.70. The molecule has 37 heavy (non-hydrogen) atoms. The molecule has 0 aliphatic heterocycles. The second-order valence-corrected chi connectivity index (χ2v) is 9.17. The maximum absolute atomic E-state index is 14.7. The summed E-state index contributed by atoms with van der Waals surface area (Å²) in [6, 6.07) is 11.1. The fourth-order valence-corrected chi connectivity index (χ4v) is 4.02. The van der Waals surface area contributed by atoms with Crippen LogP contribution in [0.1, 0.15) is 45.7 Å². The second-order valence-electron chi connectivity index (χ2n) is 9.17. The lowest BCUT2D eigenvalue weighted by molar-refractivity contribution is -0.180. The minimum absolute atomic E-state index is 0.175. The van der Waals surface area contributed by atoms with Gasteiger partial charge in [0.25, 0.3) is 11.8 Å². The fraction of sp³-hybridized carbons (Fsp3) is 0.192. The van der Waals surface area contributed by atoms with Crippen molar-refractivity contribution in [3.63, 3.8) is 0 Å². The van der Waals surface area contributed by atoms with Crippen molar-refractivity contribution in [1.29, 1.82) is 0 Å². The van der Waals surface area contributed by atoms with Gasteiger partial charge in [0.05, 0.1) is 22.1 Å². The fourth-order valence-electron chi connectivity index (χ4n) is 4.02. The number of amides is 2. The third-order valence-electron chi connectivity index (χ3n) is 6.51. The van der Waals surface area contributed by atoms with E-state index in [2.05, 4.69) is 15.5 Å². The average Bonchev–Trinajstić information content (AvgIpc) is 3.19. The quantitative estimate of drug-likeness (QED) is 0.265. The van der Waals surface area contributed by atoms with Gasteiger partial charge in [-0.3, -0.25) is 14.7 Å². The number of carbonyl (C=O) groups is 2. The molecule has 0 radical (unpaired) electrons. The smallest absolute Gasteiger partial charge is 0.382 e. The molecule has 0 atom stereocenters. The van der Waals surface area contributed by atoms with E-state index in [-0.39, 0.29) is 16.9 Å². The van der Waals surface area contributed by atoms with E-state index in [0.29, 0.717) is 33.3 Å². The number of nitrogen functional groups attached to an aromatic ring is 1. The Morgan fingerprint density at radius 2 is 1.73 bits per heavy atom. The zero-order chi connectivity index (χ0) is 27.3. The molecule has 3 aromatic carbocycles. The van der Waals surface area contributed by atoms with Gasteiger partial charge >= 0.3 is 6.18 Å². The summed E-state index contributed by atoms with van der Waals surface area (Å²) >= 11 is 0. The Morgan fingerprint density at radius 1 is 1.03 bits per heavy atom. The number of benzene rings is 3. The van der Waals surface area contributed by atoms with Gasteiger partial charge in [0.2, 0.25) is 0 Å². The molecule has 6 N–H and O–H groups in total. The van der Waals surface area contributed by atoms with Crippen LogP contribution in [0.2, 0.25) is 0 Å². The largest absolute Gasteiger partial charge is 0.397 e. The lowest BCUT2D eigenvalue weighted by Crippen LogP contribution is -2.36. The van der Waals surface area contributed by atoms with Crippen molar-refractivity contribution in [3.05, 3.63) is 76.6 Å². The van der Waals surface area contributed by atoms with Crippen molar-refractivity contribution in [1.82, 2.24) is 10.2 Å². The molecule has 0 aliphatic carbocycles. The number of nitrogens with zero attached hydrogens (tertiary/aromatic N) is 1. The van der Waals surface area contributed by atoms with Crippen LogP contribution in [-0.2, 0) is 5.41 Å². The number of fused-ring (bicyclic) bond motifs is 1. The van der Waals surface area contributed by atoms with Gasteiger partial charge < -0.3 is 16.8 Å². The molecule has 0 spiro atoms. The van der Waals surface area contributed by atoms with Crippen LogP contribution < -0.4 is 16.8 Å². The SMILES string of the molecule is Cc1c(NC(=O)c2ccc(C(C)(C)C(F)(F)F)cc2F)cccc1-c1cc(C(N)=O)c2[nH]nc(N)c2c1. The zero-order valence-electron chi connectivity index (χ0n) is 20.0. The number of H-pyrrole nitrogens is 1. The molecule has 0 saturated carbocycles. The first-order valence-electron chi connectivity index (χ1n) is 11.1. The molecule has 4 aromatic rings. The number of hydrogen-bond donors (Lipinski definition) is 4. The predicted octanol–water partition coefficient (Wildman–Crippen LogP) is 5.45. The van der Waals surface area contributed by atoms with Crippen LogP contribution in [0.4, 0.5) is 29.1 Å². The Bertz CT molecular complexity index is 1560. The first kappa shape index (κ1) is 25.7. The molecular weight excluding hydrogens is 490 g/mol. The van der Waals surface area contributed by atoms with E-state index in [0.717, 1.165) is 32.0 Å². The van der Waals surface area contributed by atoms with Crippen LogP contribution in [0.25, 0.3) is 22.0 Å². The van der Waals surface area contributed by atoms with Crippen LogP contribution in [0, 0.1) is 12.7 Å².